The maximum atomic E-state index is 12.7. The number of benzene rings is 1. The molecule has 0 aliphatic carbocycles. The average Bonchev–Trinajstić information content (AvgIpc) is 2.59. The fourth-order valence-electron chi connectivity index (χ4n) is 2.69. The van der Waals surface area contributed by atoms with Crippen molar-refractivity contribution in [2.45, 2.75) is 37.6 Å². The zero-order valence-electron chi connectivity index (χ0n) is 14.6. The molecule has 0 N–H and O–H groups in total. The van der Waals surface area contributed by atoms with Gasteiger partial charge >= 0.3 is 0 Å². The van der Waals surface area contributed by atoms with Crippen LogP contribution in [0.3, 0.4) is 0 Å². The summed E-state index contributed by atoms with van der Waals surface area (Å²) in [5.74, 6) is -0.0906. The van der Waals surface area contributed by atoms with Crippen molar-refractivity contribution in [2.24, 2.45) is 0 Å². The van der Waals surface area contributed by atoms with Crippen LogP contribution in [0.5, 0.6) is 0 Å². The summed E-state index contributed by atoms with van der Waals surface area (Å²) in [5, 5.41) is 0. The molecule has 2 rings (SSSR count). The fourth-order valence-corrected chi connectivity index (χ4v) is 4.29. The van der Waals surface area contributed by atoms with Crippen LogP contribution in [-0.2, 0) is 14.8 Å². The molecule has 0 spiro atoms. The third-order valence-electron chi connectivity index (χ3n) is 4.21. The van der Waals surface area contributed by atoms with E-state index in [9.17, 15) is 13.2 Å². The molecule has 1 heterocycles. The molecule has 0 saturated carbocycles. The smallest absolute Gasteiger partial charge is 0.253 e. The highest BCUT2D eigenvalue weighted by molar-refractivity contribution is 7.89. The molecule has 1 saturated heterocycles. The van der Waals surface area contributed by atoms with E-state index in [2.05, 4.69) is 6.92 Å². The molecule has 1 aliphatic heterocycles. The summed E-state index contributed by atoms with van der Waals surface area (Å²) in [5.41, 5.74) is 0.502. The van der Waals surface area contributed by atoms with Gasteiger partial charge in [0.1, 0.15) is 0 Å². The normalized spacial score (nSPS) is 19.2. The van der Waals surface area contributed by atoms with Gasteiger partial charge in [-0.3, -0.25) is 4.79 Å². The highest BCUT2D eigenvalue weighted by Crippen LogP contribution is 2.21. The van der Waals surface area contributed by atoms with Crippen LogP contribution in [0.1, 0.15) is 37.0 Å². The van der Waals surface area contributed by atoms with Crippen LogP contribution in [0.15, 0.2) is 29.2 Å². The molecule has 1 aliphatic rings. The maximum Gasteiger partial charge on any atom is 0.253 e. The van der Waals surface area contributed by atoms with Gasteiger partial charge in [-0.15, -0.1) is 0 Å². The number of carbonyl (C=O) groups excluding carboxylic acids is 1. The van der Waals surface area contributed by atoms with E-state index in [0.29, 0.717) is 31.9 Å². The zero-order valence-corrected chi connectivity index (χ0v) is 15.4. The number of sulfonamides is 1. The molecule has 1 aromatic rings. The molecular formula is C17H26N2O4S. The van der Waals surface area contributed by atoms with Crippen LogP contribution in [0.4, 0.5) is 0 Å². The minimum atomic E-state index is -3.56. The molecule has 1 atom stereocenters. The van der Waals surface area contributed by atoms with E-state index in [1.165, 1.54) is 16.4 Å². The monoisotopic (exact) mass is 354 g/mol. The van der Waals surface area contributed by atoms with E-state index in [4.69, 9.17) is 4.74 Å². The molecule has 1 unspecified atom stereocenters. The summed E-state index contributed by atoms with van der Waals surface area (Å²) >= 11 is 0. The summed E-state index contributed by atoms with van der Waals surface area (Å²) in [7, 11) is -1.80. The minimum Gasteiger partial charge on any atom is -0.378 e. The molecule has 0 radical (unpaired) electrons. The Kier molecular flexibility index (Phi) is 6.37. The Bertz CT molecular complexity index is 658. The van der Waals surface area contributed by atoms with Crippen molar-refractivity contribution in [2.75, 3.05) is 33.4 Å². The lowest BCUT2D eigenvalue weighted by molar-refractivity contribution is 0.0393. The Balaban J connectivity index is 2.15. The largest absolute Gasteiger partial charge is 0.378 e. The SMILES string of the molecule is CCCCN(C)C(=O)c1ccc(S(=O)(=O)N2CCOCC2C)cc1. The second-order valence-corrected chi connectivity index (χ2v) is 8.03. The molecule has 1 aromatic carbocycles. The number of hydrogen-bond acceptors (Lipinski definition) is 4. The van der Waals surface area contributed by atoms with Gasteiger partial charge in [0, 0.05) is 31.7 Å². The van der Waals surface area contributed by atoms with Crippen LogP contribution in [0, 0.1) is 0 Å². The van der Waals surface area contributed by atoms with E-state index < -0.39 is 10.0 Å². The Morgan fingerprint density at radius 1 is 1.33 bits per heavy atom. The molecule has 0 aromatic heterocycles. The quantitative estimate of drug-likeness (QED) is 0.783. The first-order valence-corrected chi connectivity index (χ1v) is 9.77. The standard InChI is InChI=1S/C17H26N2O4S/c1-4-5-10-18(3)17(20)15-6-8-16(9-7-15)24(21,22)19-11-12-23-13-14(19)2/h6-9,14H,4-5,10-13H2,1-3H3. The van der Waals surface area contributed by atoms with Crippen molar-refractivity contribution < 1.29 is 17.9 Å². The van der Waals surface area contributed by atoms with E-state index in [-0.39, 0.29) is 16.8 Å². The van der Waals surface area contributed by atoms with Crippen molar-refractivity contribution in [3.8, 4) is 0 Å². The molecule has 134 valence electrons. The Morgan fingerprint density at radius 2 is 2.00 bits per heavy atom. The van der Waals surface area contributed by atoms with Gasteiger partial charge in [0.15, 0.2) is 0 Å². The summed E-state index contributed by atoms with van der Waals surface area (Å²) in [6.45, 7) is 5.76. The number of unbranched alkanes of at least 4 members (excludes halogenated alkanes) is 1. The van der Waals surface area contributed by atoms with Crippen LogP contribution in [0.25, 0.3) is 0 Å². The van der Waals surface area contributed by atoms with Gasteiger partial charge in [-0.25, -0.2) is 8.42 Å². The number of ether oxygens (including phenoxy) is 1. The minimum absolute atomic E-state index is 0.0906. The summed E-state index contributed by atoms with van der Waals surface area (Å²) in [4.78, 5) is 14.2. The van der Waals surface area contributed by atoms with Crippen molar-refractivity contribution in [1.29, 1.82) is 0 Å². The van der Waals surface area contributed by atoms with E-state index >= 15 is 0 Å². The summed E-state index contributed by atoms with van der Waals surface area (Å²) in [6, 6.07) is 6.01. The van der Waals surface area contributed by atoms with Crippen LogP contribution < -0.4 is 0 Å². The Hall–Kier alpha value is -1.44. The van der Waals surface area contributed by atoms with E-state index in [0.717, 1.165) is 12.8 Å². The van der Waals surface area contributed by atoms with Gasteiger partial charge in [0.25, 0.3) is 5.91 Å². The van der Waals surface area contributed by atoms with Gasteiger partial charge in [-0.1, -0.05) is 13.3 Å². The van der Waals surface area contributed by atoms with Crippen LogP contribution >= 0.6 is 0 Å². The van der Waals surface area contributed by atoms with Crippen molar-refractivity contribution in [1.82, 2.24) is 9.21 Å². The Labute approximate surface area is 144 Å². The van der Waals surface area contributed by atoms with Crippen molar-refractivity contribution in [3.63, 3.8) is 0 Å². The number of hydrogen-bond donors (Lipinski definition) is 0. The molecule has 1 fully saturated rings. The first-order valence-electron chi connectivity index (χ1n) is 8.33. The number of nitrogens with zero attached hydrogens (tertiary/aromatic N) is 2. The third kappa shape index (κ3) is 4.15. The fraction of sp³-hybridized carbons (Fsp3) is 0.588. The summed E-state index contributed by atoms with van der Waals surface area (Å²) in [6.07, 6.45) is 1.97. The van der Waals surface area contributed by atoms with Crippen molar-refractivity contribution in [3.05, 3.63) is 29.8 Å². The molecule has 0 bridgehead atoms. The van der Waals surface area contributed by atoms with Gasteiger partial charge in [0.05, 0.1) is 18.1 Å². The number of amides is 1. The summed E-state index contributed by atoms with van der Waals surface area (Å²) < 4.78 is 32.2. The van der Waals surface area contributed by atoms with Gasteiger partial charge in [-0.05, 0) is 37.6 Å². The predicted molar refractivity (Wildman–Crippen MR) is 92.5 cm³/mol. The zero-order chi connectivity index (χ0) is 17.7. The molecule has 7 heteroatoms. The first-order chi connectivity index (χ1) is 11.4. The van der Waals surface area contributed by atoms with E-state index in [1.54, 1.807) is 24.1 Å². The second-order valence-electron chi connectivity index (χ2n) is 6.14. The molecular weight excluding hydrogens is 328 g/mol. The van der Waals surface area contributed by atoms with Crippen molar-refractivity contribution >= 4 is 15.9 Å². The molecule has 1 amide bonds. The van der Waals surface area contributed by atoms with Gasteiger partial charge in [-0.2, -0.15) is 4.31 Å². The van der Waals surface area contributed by atoms with Crippen LogP contribution in [-0.4, -0.2) is 62.9 Å². The number of morpholine rings is 1. The molecule has 6 nitrogen and oxygen atoms in total. The van der Waals surface area contributed by atoms with E-state index in [1.807, 2.05) is 6.92 Å². The highest BCUT2D eigenvalue weighted by atomic mass is 32.2. The average molecular weight is 354 g/mol. The predicted octanol–water partition coefficient (Wildman–Crippen LogP) is 1.97. The topological polar surface area (TPSA) is 66.9 Å². The lowest BCUT2D eigenvalue weighted by Gasteiger charge is -2.32. The lowest BCUT2D eigenvalue weighted by Crippen LogP contribution is -2.46. The molecule has 24 heavy (non-hydrogen) atoms. The van der Waals surface area contributed by atoms with Crippen LogP contribution in [0.2, 0.25) is 0 Å². The number of carbonyl (C=O) groups is 1. The lowest BCUT2D eigenvalue weighted by atomic mass is 10.2. The number of rotatable bonds is 6. The van der Waals surface area contributed by atoms with Gasteiger partial charge in [0.2, 0.25) is 10.0 Å². The van der Waals surface area contributed by atoms with Gasteiger partial charge < -0.3 is 9.64 Å². The highest BCUT2D eigenvalue weighted by Gasteiger charge is 2.31. The third-order valence-corrected chi connectivity index (χ3v) is 6.24. The Morgan fingerprint density at radius 3 is 2.58 bits per heavy atom. The second kappa shape index (κ2) is 8.09. The first kappa shape index (κ1) is 18.9. The maximum absolute atomic E-state index is 12.7.